The van der Waals surface area contributed by atoms with Crippen LogP contribution >= 0.6 is 0 Å². The maximum atomic E-state index is 12.8. The minimum Gasteiger partial charge on any atom is -0.395 e. The number of nitrogens with zero attached hydrogens (tertiary/aromatic N) is 2. The first-order valence-electron chi connectivity index (χ1n) is 8.42. The highest BCUT2D eigenvalue weighted by Gasteiger charge is 2.37. The molecule has 1 heterocycles. The zero-order valence-corrected chi connectivity index (χ0v) is 13.7. The molecule has 1 saturated carbocycles. The molecule has 3 rings (SSSR count). The number of benzene rings is 1. The van der Waals surface area contributed by atoms with E-state index in [0.29, 0.717) is 19.1 Å². The van der Waals surface area contributed by atoms with Gasteiger partial charge in [0.15, 0.2) is 0 Å². The van der Waals surface area contributed by atoms with Crippen molar-refractivity contribution in [1.82, 2.24) is 9.80 Å². The molecule has 0 aromatic heterocycles. The van der Waals surface area contributed by atoms with Crippen molar-refractivity contribution >= 4 is 5.91 Å². The molecule has 5 nitrogen and oxygen atoms in total. The Morgan fingerprint density at radius 3 is 2.70 bits per heavy atom. The van der Waals surface area contributed by atoms with Crippen molar-refractivity contribution in [3.63, 3.8) is 0 Å². The van der Waals surface area contributed by atoms with Gasteiger partial charge in [0.05, 0.1) is 19.3 Å². The van der Waals surface area contributed by atoms with Crippen LogP contribution in [0.25, 0.3) is 0 Å². The van der Waals surface area contributed by atoms with Crippen molar-refractivity contribution in [2.75, 3.05) is 26.8 Å². The fourth-order valence-corrected chi connectivity index (χ4v) is 3.34. The first-order chi connectivity index (χ1) is 11.2. The Morgan fingerprint density at radius 2 is 2.09 bits per heavy atom. The molecular formula is C18H26N2O3. The second kappa shape index (κ2) is 7.43. The summed E-state index contributed by atoms with van der Waals surface area (Å²) in [6.07, 6.45) is 3.11. The van der Waals surface area contributed by atoms with E-state index in [0.717, 1.165) is 25.8 Å². The maximum Gasteiger partial charge on any atom is 0.237 e. The molecule has 1 aliphatic heterocycles. The first-order valence-corrected chi connectivity index (χ1v) is 8.42. The highest BCUT2D eigenvalue weighted by Crippen LogP contribution is 2.29. The van der Waals surface area contributed by atoms with E-state index in [1.807, 2.05) is 23.1 Å². The lowest BCUT2D eigenvalue weighted by Crippen LogP contribution is -2.44. The molecule has 2 fully saturated rings. The number of carbonyl (C=O) groups excluding carboxylic acids is 1. The van der Waals surface area contributed by atoms with Gasteiger partial charge in [0.25, 0.3) is 0 Å². The predicted octanol–water partition coefficient (Wildman–Crippen LogP) is 1.26. The van der Waals surface area contributed by atoms with Crippen LogP contribution in [0.15, 0.2) is 30.3 Å². The number of hydrogen-bond donors (Lipinski definition) is 1. The summed E-state index contributed by atoms with van der Waals surface area (Å²) in [5.74, 6) is 0.159. The van der Waals surface area contributed by atoms with Crippen LogP contribution in [0.4, 0.5) is 0 Å². The molecule has 1 amide bonds. The molecule has 0 unspecified atom stereocenters. The minimum absolute atomic E-state index is 0.0293. The van der Waals surface area contributed by atoms with Gasteiger partial charge in [-0.3, -0.25) is 9.69 Å². The average Bonchev–Trinajstić information content (AvgIpc) is 3.34. The van der Waals surface area contributed by atoms with Crippen molar-refractivity contribution in [2.45, 2.75) is 44.0 Å². The zero-order chi connectivity index (χ0) is 16.2. The molecule has 0 bridgehead atoms. The lowest BCUT2D eigenvalue weighted by molar-refractivity contribution is -0.134. The van der Waals surface area contributed by atoms with E-state index in [2.05, 4.69) is 17.0 Å². The van der Waals surface area contributed by atoms with Crippen molar-refractivity contribution in [3.8, 4) is 0 Å². The zero-order valence-electron chi connectivity index (χ0n) is 13.7. The Bertz CT molecular complexity index is 518. The normalized spacial score (nSPS) is 24.8. The van der Waals surface area contributed by atoms with E-state index in [4.69, 9.17) is 4.74 Å². The van der Waals surface area contributed by atoms with E-state index >= 15 is 0 Å². The van der Waals surface area contributed by atoms with Gasteiger partial charge in [0, 0.05) is 32.3 Å². The largest absolute Gasteiger partial charge is 0.395 e. The van der Waals surface area contributed by atoms with Gasteiger partial charge in [-0.1, -0.05) is 30.3 Å². The summed E-state index contributed by atoms with van der Waals surface area (Å²) in [6.45, 7) is 1.84. The SMILES string of the molecule is CO[C@H]1C[C@@H](CO)N(CC(=O)N(Cc2ccccc2)C2CC2)C1. The second-order valence-corrected chi connectivity index (χ2v) is 6.60. The van der Waals surface area contributed by atoms with Crippen LogP contribution in [0.1, 0.15) is 24.8 Å². The van der Waals surface area contributed by atoms with Crippen LogP contribution in [0.5, 0.6) is 0 Å². The molecule has 0 radical (unpaired) electrons. The lowest BCUT2D eigenvalue weighted by atomic mass is 10.2. The van der Waals surface area contributed by atoms with Crippen LogP contribution in [-0.2, 0) is 16.1 Å². The molecule has 0 spiro atoms. The van der Waals surface area contributed by atoms with Crippen LogP contribution < -0.4 is 0 Å². The van der Waals surface area contributed by atoms with E-state index in [1.54, 1.807) is 7.11 Å². The molecule has 1 saturated heterocycles. The third-order valence-electron chi connectivity index (χ3n) is 4.88. The number of hydrogen-bond acceptors (Lipinski definition) is 4. The van der Waals surface area contributed by atoms with E-state index in [-0.39, 0.29) is 24.7 Å². The van der Waals surface area contributed by atoms with Gasteiger partial charge in [0.1, 0.15) is 0 Å². The number of likely N-dealkylation sites (tertiary alicyclic amines) is 1. The maximum absolute atomic E-state index is 12.8. The first kappa shape index (κ1) is 16.4. The minimum atomic E-state index is 0.0293. The third-order valence-corrected chi connectivity index (χ3v) is 4.88. The highest BCUT2D eigenvalue weighted by molar-refractivity contribution is 5.79. The fourth-order valence-electron chi connectivity index (χ4n) is 3.34. The van der Waals surface area contributed by atoms with Gasteiger partial charge >= 0.3 is 0 Å². The highest BCUT2D eigenvalue weighted by atomic mass is 16.5. The number of carbonyl (C=O) groups is 1. The number of aliphatic hydroxyl groups excluding tert-OH is 1. The molecular weight excluding hydrogens is 292 g/mol. The number of ether oxygens (including phenoxy) is 1. The van der Waals surface area contributed by atoms with Gasteiger partial charge in [-0.25, -0.2) is 0 Å². The number of amides is 1. The summed E-state index contributed by atoms with van der Waals surface area (Å²) in [4.78, 5) is 16.9. The van der Waals surface area contributed by atoms with Crippen LogP contribution in [0, 0.1) is 0 Å². The Kier molecular flexibility index (Phi) is 5.30. The van der Waals surface area contributed by atoms with Gasteiger partial charge in [0.2, 0.25) is 5.91 Å². The Hall–Kier alpha value is -1.43. The number of methoxy groups -OCH3 is 1. The summed E-state index contributed by atoms with van der Waals surface area (Å²) in [5, 5.41) is 9.54. The molecule has 126 valence electrons. The molecule has 2 aliphatic rings. The summed E-state index contributed by atoms with van der Waals surface area (Å²) in [7, 11) is 1.69. The van der Waals surface area contributed by atoms with Crippen molar-refractivity contribution < 1.29 is 14.6 Å². The van der Waals surface area contributed by atoms with Crippen molar-refractivity contribution in [2.24, 2.45) is 0 Å². The number of aliphatic hydroxyl groups is 1. The number of rotatable bonds is 7. The Balaban J connectivity index is 1.62. The van der Waals surface area contributed by atoms with Crippen molar-refractivity contribution in [1.29, 1.82) is 0 Å². The van der Waals surface area contributed by atoms with Crippen LogP contribution in [0.3, 0.4) is 0 Å². The van der Waals surface area contributed by atoms with Gasteiger partial charge < -0.3 is 14.7 Å². The fraction of sp³-hybridized carbons (Fsp3) is 0.611. The Labute approximate surface area is 137 Å². The molecule has 1 aromatic carbocycles. The topological polar surface area (TPSA) is 53.0 Å². The summed E-state index contributed by atoms with van der Waals surface area (Å²) in [5.41, 5.74) is 1.17. The lowest BCUT2D eigenvalue weighted by Gasteiger charge is -2.28. The van der Waals surface area contributed by atoms with Crippen LogP contribution in [0.2, 0.25) is 0 Å². The molecule has 5 heteroatoms. The average molecular weight is 318 g/mol. The van der Waals surface area contributed by atoms with E-state index in [1.165, 1.54) is 5.56 Å². The molecule has 1 aromatic rings. The summed E-state index contributed by atoms with van der Waals surface area (Å²) >= 11 is 0. The summed E-state index contributed by atoms with van der Waals surface area (Å²) in [6, 6.07) is 10.6. The standard InChI is InChI=1S/C18H26N2O3/c1-23-17-9-16(13-21)19(11-17)12-18(22)20(15-7-8-15)10-14-5-3-2-4-6-14/h2-6,15-17,21H,7-13H2,1H3/t16-,17-/m0/s1. The van der Waals surface area contributed by atoms with Gasteiger partial charge in [-0.05, 0) is 24.8 Å². The second-order valence-electron chi connectivity index (χ2n) is 6.60. The van der Waals surface area contributed by atoms with Crippen molar-refractivity contribution in [3.05, 3.63) is 35.9 Å². The van der Waals surface area contributed by atoms with E-state index < -0.39 is 0 Å². The smallest absolute Gasteiger partial charge is 0.237 e. The van der Waals surface area contributed by atoms with Gasteiger partial charge in [-0.2, -0.15) is 0 Å². The quantitative estimate of drug-likeness (QED) is 0.822. The van der Waals surface area contributed by atoms with Crippen LogP contribution in [-0.4, -0.2) is 65.8 Å². The summed E-state index contributed by atoms with van der Waals surface area (Å²) < 4.78 is 5.39. The predicted molar refractivity (Wildman–Crippen MR) is 87.9 cm³/mol. The monoisotopic (exact) mass is 318 g/mol. The molecule has 1 aliphatic carbocycles. The third kappa shape index (κ3) is 4.10. The Morgan fingerprint density at radius 1 is 1.35 bits per heavy atom. The van der Waals surface area contributed by atoms with Gasteiger partial charge in [-0.15, -0.1) is 0 Å². The molecule has 2 atom stereocenters. The molecule has 1 N–H and O–H groups in total. The molecule has 23 heavy (non-hydrogen) atoms. The van der Waals surface area contributed by atoms with E-state index in [9.17, 15) is 9.90 Å².